The number of nitrogens with one attached hydrogen (secondary N) is 1. The number of hydrogen-bond acceptors (Lipinski definition) is 5. The summed E-state index contributed by atoms with van der Waals surface area (Å²) in [6.07, 6.45) is 0.463. The maximum Gasteiger partial charge on any atom is 0.358 e. The van der Waals surface area contributed by atoms with E-state index < -0.39 is 17.5 Å². The Morgan fingerprint density at radius 1 is 1.58 bits per heavy atom. The van der Waals surface area contributed by atoms with Gasteiger partial charge in [-0.05, 0) is 13.3 Å². The van der Waals surface area contributed by atoms with E-state index in [0.29, 0.717) is 6.42 Å². The molecule has 2 rings (SSSR count). The van der Waals surface area contributed by atoms with Crippen molar-refractivity contribution >= 4 is 17.9 Å². The lowest BCUT2D eigenvalue weighted by Gasteiger charge is -2.18. The SMILES string of the molecule is CCC1(C)NC(=O)N(Cc2cc(C(=O)O)no2)C1=O. The van der Waals surface area contributed by atoms with Crippen molar-refractivity contribution in [2.45, 2.75) is 32.4 Å². The van der Waals surface area contributed by atoms with Crippen LogP contribution in [0.5, 0.6) is 0 Å². The smallest absolute Gasteiger partial charge is 0.358 e. The van der Waals surface area contributed by atoms with Gasteiger partial charge in [-0.2, -0.15) is 0 Å². The summed E-state index contributed by atoms with van der Waals surface area (Å²) in [5.41, 5.74) is -1.19. The Bertz CT molecular complexity index is 552. The lowest BCUT2D eigenvalue weighted by atomic mass is 9.99. The van der Waals surface area contributed by atoms with Crippen LogP contribution in [-0.2, 0) is 11.3 Å². The van der Waals surface area contributed by atoms with E-state index >= 15 is 0 Å². The van der Waals surface area contributed by atoms with Crippen LogP contribution in [0, 0.1) is 0 Å². The van der Waals surface area contributed by atoms with Gasteiger partial charge in [0.15, 0.2) is 11.5 Å². The molecule has 0 aliphatic carbocycles. The molecule has 1 aliphatic heterocycles. The van der Waals surface area contributed by atoms with Gasteiger partial charge in [0.1, 0.15) is 5.54 Å². The number of aromatic carboxylic acids is 1. The zero-order valence-electron chi connectivity index (χ0n) is 10.5. The van der Waals surface area contributed by atoms with Crippen molar-refractivity contribution in [3.05, 3.63) is 17.5 Å². The van der Waals surface area contributed by atoms with Gasteiger partial charge in [-0.25, -0.2) is 9.59 Å². The minimum Gasteiger partial charge on any atom is -0.476 e. The fraction of sp³-hybridized carbons (Fsp3) is 0.455. The zero-order chi connectivity index (χ0) is 14.2. The fourth-order valence-electron chi connectivity index (χ4n) is 1.77. The molecule has 0 spiro atoms. The highest BCUT2D eigenvalue weighted by atomic mass is 16.5. The van der Waals surface area contributed by atoms with Crippen molar-refractivity contribution in [1.82, 2.24) is 15.4 Å². The first-order chi connectivity index (χ1) is 8.87. The highest BCUT2D eigenvalue weighted by molar-refractivity contribution is 6.06. The molecule has 1 fully saturated rings. The quantitative estimate of drug-likeness (QED) is 0.772. The Hall–Kier alpha value is -2.38. The summed E-state index contributed by atoms with van der Waals surface area (Å²) >= 11 is 0. The lowest BCUT2D eigenvalue weighted by Crippen LogP contribution is -2.43. The molecule has 1 saturated heterocycles. The summed E-state index contributed by atoms with van der Waals surface area (Å²) < 4.78 is 4.78. The van der Waals surface area contributed by atoms with Crippen LogP contribution in [0.1, 0.15) is 36.5 Å². The number of carboxylic acid groups (broad SMARTS) is 1. The van der Waals surface area contributed by atoms with Gasteiger partial charge in [-0.15, -0.1) is 0 Å². The van der Waals surface area contributed by atoms with Crippen LogP contribution in [0.3, 0.4) is 0 Å². The second-order valence-electron chi connectivity index (χ2n) is 4.49. The van der Waals surface area contributed by atoms with Crippen LogP contribution in [0.25, 0.3) is 0 Å². The molecule has 0 aromatic carbocycles. The number of rotatable bonds is 4. The van der Waals surface area contributed by atoms with E-state index in [1.165, 1.54) is 6.07 Å². The topological polar surface area (TPSA) is 113 Å². The van der Waals surface area contributed by atoms with Gasteiger partial charge in [0.05, 0.1) is 6.54 Å². The number of carboxylic acids is 1. The number of carbonyl (C=O) groups is 3. The lowest BCUT2D eigenvalue weighted by molar-refractivity contribution is -0.131. The van der Waals surface area contributed by atoms with Crippen LogP contribution in [0.2, 0.25) is 0 Å². The summed E-state index contributed by atoms with van der Waals surface area (Å²) in [4.78, 5) is 35.4. The first-order valence-corrected chi connectivity index (χ1v) is 5.70. The highest BCUT2D eigenvalue weighted by Crippen LogP contribution is 2.22. The summed E-state index contributed by atoms with van der Waals surface area (Å²) in [6.45, 7) is 3.29. The Balaban J connectivity index is 2.17. The largest absolute Gasteiger partial charge is 0.476 e. The second-order valence-corrected chi connectivity index (χ2v) is 4.49. The molecule has 8 heteroatoms. The molecule has 8 nitrogen and oxygen atoms in total. The number of aromatic nitrogens is 1. The molecule has 0 bridgehead atoms. The van der Waals surface area contributed by atoms with E-state index in [1.54, 1.807) is 13.8 Å². The third-order valence-electron chi connectivity index (χ3n) is 3.14. The monoisotopic (exact) mass is 267 g/mol. The number of urea groups is 1. The van der Waals surface area contributed by atoms with Gasteiger partial charge in [0, 0.05) is 6.07 Å². The Kier molecular flexibility index (Phi) is 3.01. The number of nitrogens with zero attached hydrogens (tertiary/aromatic N) is 2. The first kappa shape index (κ1) is 13.1. The maximum atomic E-state index is 12.1. The van der Waals surface area contributed by atoms with Crippen LogP contribution in [0.4, 0.5) is 4.79 Å². The predicted molar refractivity (Wildman–Crippen MR) is 61.2 cm³/mol. The Morgan fingerprint density at radius 2 is 2.26 bits per heavy atom. The molecular weight excluding hydrogens is 254 g/mol. The van der Waals surface area contributed by atoms with Gasteiger partial charge in [-0.1, -0.05) is 12.1 Å². The molecule has 1 aromatic rings. The molecule has 2 heterocycles. The van der Waals surface area contributed by atoms with Gasteiger partial charge < -0.3 is 14.9 Å². The van der Waals surface area contributed by atoms with E-state index in [9.17, 15) is 14.4 Å². The average molecular weight is 267 g/mol. The van der Waals surface area contributed by atoms with Crippen LogP contribution in [0.15, 0.2) is 10.6 Å². The normalized spacial score (nSPS) is 22.7. The van der Waals surface area contributed by atoms with E-state index in [4.69, 9.17) is 9.63 Å². The molecular formula is C11H13N3O5. The molecule has 1 unspecified atom stereocenters. The molecule has 1 atom stereocenters. The van der Waals surface area contributed by atoms with Crippen molar-refractivity contribution in [1.29, 1.82) is 0 Å². The van der Waals surface area contributed by atoms with E-state index in [2.05, 4.69) is 10.5 Å². The molecule has 1 aliphatic rings. The predicted octanol–water partition coefficient (Wildman–Crippen LogP) is 0.593. The van der Waals surface area contributed by atoms with Gasteiger partial charge in [0.25, 0.3) is 5.91 Å². The van der Waals surface area contributed by atoms with Crippen molar-refractivity contribution in [3.8, 4) is 0 Å². The first-order valence-electron chi connectivity index (χ1n) is 5.70. The summed E-state index contributed by atoms with van der Waals surface area (Å²) in [5.74, 6) is -1.46. The molecule has 3 amide bonds. The average Bonchev–Trinajstić information content (AvgIpc) is 2.90. The van der Waals surface area contributed by atoms with E-state index in [0.717, 1.165) is 4.90 Å². The molecule has 0 radical (unpaired) electrons. The van der Waals surface area contributed by atoms with Gasteiger partial charge in [-0.3, -0.25) is 9.69 Å². The number of hydrogen-bond donors (Lipinski definition) is 2. The second kappa shape index (κ2) is 4.38. The van der Waals surface area contributed by atoms with Gasteiger partial charge in [0.2, 0.25) is 0 Å². The number of amides is 3. The van der Waals surface area contributed by atoms with Crippen molar-refractivity contribution in [3.63, 3.8) is 0 Å². The van der Waals surface area contributed by atoms with Crippen molar-refractivity contribution < 1.29 is 24.0 Å². The van der Waals surface area contributed by atoms with E-state index in [-0.39, 0.29) is 23.9 Å². The third kappa shape index (κ3) is 2.16. The maximum absolute atomic E-state index is 12.1. The van der Waals surface area contributed by atoms with E-state index in [1.807, 2.05) is 0 Å². The summed E-state index contributed by atoms with van der Waals surface area (Å²) in [5, 5.41) is 14.6. The Morgan fingerprint density at radius 3 is 2.74 bits per heavy atom. The summed E-state index contributed by atoms with van der Waals surface area (Å²) in [7, 11) is 0. The fourth-order valence-corrected chi connectivity index (χ4v) is 1.77. The number of carbonyl (C=O) groups excluding carboxylic acids is 2. The zero-order valence-corrected chi connectivity index (χ0v) is 10.5. The molecule has 2 N–H and O–H groups in total. The third-order valence-corrected chi connectivity index (χ3v) is 3.14. The van der Waals surface area contributed by atoms with Crippen LogP contribution >= 0.6 is 0 Å². The summed E-state index contributed by atoms with van der Waals surface area (Å²) in [6, 6.07) is 0.660. The van der Waals surface area contributed by atoms with Crippen molar-refractivity contribution in [2.75, 3.05) is 0 Å². The van der Waals surface area contributed by atoms with Crippen molar-refractivity contribution in [2.24, 2.45) is 0 Å². The molecule has 102 valence electrons. The minimum absolute atomic E-state index is 0.138. The molecule has 0 saturated carbocycles. The Labute approximate surface area is 108 Å². The minimum atomic E-state index is -1.23. The van der Waals surface area contributed by atoms with Crippen LogP contribution in [-0.4, -0.2) is 38.6 Å². The number of imide groups is 1. The van der Waals surface area contributed by atoms with Crippen LogP contribution < -0.4 is 5.32 Å². The highest BCUT2D eigenvalue weighted by Gasteiger charge is 2.46. The van der Waals surface area contributed by atoms with Gasteiger partial charge >= 0.3 is 12.0 Å². The standard InChI is InChI=1S/C11H13N3O5/c1-3-11(2)9(17)14(10(18)12-11)5-6-4-7(8(15)16)13-19-6/h4H,3,5H2,1-2H3,(H,12,18)(H,15,16). The molecule has 1 aromatic heterocycles. The molecule has 19 heavy (non-hydrogen) atoms.